The molecule has 0 aliphatic rings. The summed E-state index contributed by atoms with van der Waals surface area (Å²) < 4.78 is 15.1. The Morgan fingerprint density at radius 1 is 0.737 bits per heavy atom. The van der Waals surface area contributed by atoms with E-state index >= 15 is 0 Å². The maximum atomic E-state index is 8.64. The molecule has 0 unspecified atom stereocenters. The van der Waals surface area contributed by atoms with Crippen LogP contribution in [0.2, 0.25) is 0 Å². The van der Waals surface area contributed by atoms with Gasteiger partial charge < -0.3 is 14.2 Å². The summed E-state index contributed by atoms with van der Waals surface area (Å²) in [6, 6.07) is 13.8. The molecule has 0 heterocycles. The summed E-state index contributed by atoms with van der Waals surface area (Å²) in [4.78, 5) is 0. The first-order valence-corrected chi connectivity index (χ1v) is 5.33. The molecular formula is C14H8N2O3. The van der Waals surface area contributed by atoms with Crippen LogP contribution in [0.1, 0.15) is 0 Å². The van der Waals surface area contributed by atoms with Gasteiger partial charge in [0, 0.05) is 0 Å². The number of rotatable bonds is 4. The van der Waals surface area contributed by atoms with Crippen molar-refractivity contribution < 1.29 is 14.2 Å². The summed E-state index contributed by atoms with van der Waals surface area (Å²) in [6.45, 7) is 0. The lowest BCUT2D eigenvalue weighted by atomic mass is 10.3. The van der Waals surface area contributed by atoms with Gasteiger partial charge in [-0.05, 0) is 24.3 Å². The quantitative estimate of drug-likeness (QED) is 0.781. The third-order valence-electron chi connectivity index (χ3n) is 2.22. The predicted octanol–water partition coefficient (Wildman–Crippen LogP) is 3.20. The lowest BCUT2D eigenvalue weighted by Gasteiger charge is -2.10. The number of para-hydroxylation sites is 2. The first-order chi connectivity index (χ1) is 9.35. The Morgan fingerprint density at radius 2 is 1.42 bits per heavy atom. The Kier molecular flexibility index (Phi) is 3.84. The van der Waals surface area contributed by atoms with Gasteiger partial charge >= 0.3 is 0 Å². The molecule has 0 aliphatic carbocycles. The SMILES string of the molecule is N#COc1cccc(Oc2ccccc2)c1OC#N. The van der Waals surface area contributed by atoms with E-state index < -0.39 is 0 Å². The monoisotopic (exact) mass is 252 g/mol. The van der Waals surface area contributed by atoms with Crippen LogP contribution in [0.5, 0.6) is 23.0 Å². The molecule has 2 rings (SSSR count). The molecule has 0 radical (unpaired) electrons. The molecule has 5 heteroatoms. The Labute approximate surface area is 109 Å². The van der Waals surface area contributed by atoms with E-state index in [9.17, 15) is 0 Å². The second-order valence-electron chi connectivity index (χ2n) is 3.39. The Hall–Kier alpha value is -3.18. The summed E-state index contributed by atoms with van der Waals surface area (Å²) in [5.41, 5.74) is 0. The molecule has 0 spiro atoms. The standard InChI is InChI=1S/C14H8N2O3/c15-9-17-12-7-4-8-13(14(12)18-10-16)19-11-5-2-1-3-6-11/h1-8H. The van der Waals surface area contributed by atoms with Gasteiger partial charge in [0.15, 0.2) is 11.5 Å². The highest BCUT2D eigenvalue weighted by atomic mass is 16.5. The highest BCUT2D eigenvalue weighted by Crippen LogP contribution is 2.39. The van der Waals surface area contributed by atoms with Gasteiger partial charge in [-0.1, -0.05) is 24.3 Å². The Bertz CT molecular complexity index is 642. The molecule has 0 fully saturated rings. The van der Waals surface area contributed by atoms with Crippen molar-refractivity contribution in [3.05, 3.63) is 48.5 Å². The zero-order valence-corrected chi connectivity index (χ0v) is 9.74. The van der Waals surface area contributed by atoms with E-state index in [4.69, 9.17) is 24.7 Å². The zero-order valence-electron chi connectivity index (χ0n) is 9.74. The highest BCUT2D eigenvalue weighted by Gasteiger charge is 2.14. The predicted molar refractivity (Wildman–Crippen MR) is 65.4 cm³/mol. The van der Waals surface area contributed by atoms with Crippen LogP contribution in [0.15, 0.2) is 48.5 Å². The van der Waals surface area contributed by atoms with Crippen molar-refractivity contribution in [2.24, 2.45) is 0 Å². The molecule has 92 valence electrons. The normalized spacial score (nSPS) is 8.95. The maximum absolute atomic E-state index is 8.64. The molecule has 0 aliphatic heterocycles. The van der Waals surface area contributed by atoms with Gasteiger partial charge in [-0.3, -0.25) is 0 Å². The minimum atomic E-state index is 0.0652. The summed E-state index contributed by atoms with van der Waals surface area (Å²) >= 11 is 0. The van der Waals surface area contributed by atoms with Crippen LogP contribution < -0.4 is 14.2 Å². The molecule has 0 saturated heterocycles. The van der Waals surface area contributed by atoms with Crippen LogP contribution in [0.25, 0.3) is 0 Å². The van der Waals surface area contributed by atoms with Crippen LogP contribution in [0.3, 0.4) is 0 Å². The minimum Gasteiger partial charge on any atom is -0.453 e. The van der Waals surface area contributed by atoms with Gasteiger partial charge in [-0.25, -0.2) is 0 Å². The van der Waals surface area contributed by atoms with Crippen LogP contribution in [-0.4, -0.2) is 0 Å². The third-order valence-corrected chi connectivity index (χ3v) is 2.22. The van der Waals surface area contributed by atoms with Crippen molar-refractivity contribution in [1.29, 1.82) is 10.5 Å². The second-order valence-corrected chi connectivity index (χ2v) is 3.39. The van der Waals surface area contributed by atoms with Crippen molar-refractivity contribution in [2.75, 3.05) is 0 Å². The van der Waals surface area contributed by atoms with Gasteiger partial charge in [-0.15, -0.1) is 10.5 Å². The van der Waals surface area contributed by atoms with E-state index in [0.29, 0.717) is 11.5 Å². The lowest BCUT2D eigenvalue weighted by Crippen LogP contribution is -1.93. The molecule has 0 atom stereocenters. The second kappa shape index (κ2) is 5.95. The number of benzene rings is 2. The minimum absolute atomic E-state index is 0.0652. The molecule has 19 heavy (non-hydrogen) atoms. The number of ether oxygens (including phenoxy) is 3. The van der Waals surface area contributed by atoms with Crippen molar-refractivity contribution in [3.63, 3.8) is 0 Å². The lowest BCUT2D eigenvalue weighted by molar-refractivity contribution is 0.401. The topological polar surface area (TPSA) is 75.3 Å². The van der Waals surface area contributed by atoms with Crippen molar-refractivity contribution >= 4 is 0 Å². The maximum Gasteiger partial charge on any atom is 0.292 e. The van der Waals surface area contributed by atoms with Crippen molar-refractivity contribution in [2.45, 2.75) is 0 Å². The molecule has 0 aromatic heterocycles. The van der Waals surface area contributed by atoms with Crippen molar-refractivity contribution in [1.82, 2.24) is 0 Å². The first kappa shape index (κ1) is 12.3. The number of hydrogen-bond acceptors (Lipinski definition) is 5. The number of hydrogen-bond donors (Lipinski definition) is 0. The molecule has 5 nitrogen and oxygen atoms in total. The van der Waals surface area contributed by atoms with E-state index in [2.05, 4.69) is 0 Å². The van der Waals surface area contributed by atoms with Gasteiger partial charge in [0.2, 0.25) is 5.75 Å². The summed E-state index contributed by atoms with van der Waals surface area (Å²) in [7, 11) is 0. The molecular weight excluding hydrogens is 244 g/mol. The van der Waals surface area contributed by atoms with Crippen LogP contribution in [0.4, 0.5) is 0 Å². The van der Waals surface area contributed by atoms with E-state index in [0.717, 1.165) is 0 Å². The van der Waals surface area contributed by atoms with E-state index in [1.807, 2.05) is 18.2 Å². The summed E-state index contributed by atoms with van der Waals surface area (Å²) in [5.74, 6) is 1.06. The van der Waals surface area contributed by atoms with Crippen LogP contribution in [-0.2, 0) is 0 Å². The summed E-state index contributed by atoms with van der Waals surface area (Å²) in [5, 5.41) is 17.2. The number of nitrogens with zero attached hydrogens (tertiary/aromatic N) is 2. The van der Waals surface area contributed by atoms with E-state index in [1.165, 1.54) is 18.6 Å². The first-order valence-electron chi connectivity index (χ1n) is 5.33. The fourth-order valence-electron chi connectivity index (χ4n) is 1.47. The van der Waals surface area contributed by atoms with Gasteiger partial charge in [0.1, 0.15) is 5.75 Å². The Morgan fingerprint density at radius 3 is 2.11 bits per heavy atom. The average molecular weight is 252 g/mol. The summed E-state index contributed by atoms with van der Waals surface area (Å²) in [6.07, 6.45) is 3.07. The Balaban J connectivity index is 2.37. The van der Waals surface area contributed by atoms with E-state index in [1.54, 1.807) is 24.3 Å². The van der Waals surface area contributed by atoms with Crippen LogP contribution >= 0.6 is 0 Å². The largest absolute Gasteiger partial charge is 0.453 e. The smallest absolute Gasteiger partial charge is 0.292 e. The highest BCUT2D eigenvalue weighted by molar-refractivity contribution is 5.53. The van der Waals surface area contributed by atoms with Gasteiger partial charge in [0.05, 0.1) is 0 Å². The number of nitriles is 2. The molecule has 0 amide bonds. The molecule has 2 aromatic rings. The molecule has 0 N–H and O–H groups in total. The van der Waals surface area contributed by atoms with Gasteiger partial charge in [0.25, 0.3) is 12.5 Å². The zero-order chi connectivity index (χ0) is 13.5. The fourth-order valence-corrected chi connectivity index (χ4v) is 1.47. The molecule has 0 bridgehead atoms. The fraction of sp³-hybridized carbons (Fsp3) is 0. The van der Waals surface area contributed by atoms with Crippen molar-refractivity contribution in [3.8, 4) is 35.5 Å². The third kappa shape index (κ3) is 2.93. The van der Waals surface area contributed by atoms with Crippen LogP contribution in [0, 0.1) is 23.0 Å². The average Bonchev–Trinajstić information content (AvgIpc) is 2.44. The van der Waals surface area contributed by atoms with Gasteiger partial charge in [-0.2, -0.15) is 0 Å². The molecule has 2 aromatic carbocycles. The van der Waals surface area contributed by atoms with E-state index in [-0.39, 0.29) is 11.5 Å². The molecule has 0 saturated carbocycles.